The lowest BCUT2D eigenvalue weighted by molar-refractivity contribution is -0.157. The number of aromatic amines is 1. The Labute approximate surface area is 738 Å². The third-order valence-corrected chi connectivity index (χ3v) is 28.0. The number of anilines is 2. The zero-order valence-corrected chi connectivity index (χ0v) is 75.9. The van der Waals surface area contributed by atoms with Gasteiger partial charge in [0.15, 0.2) is 17.0 Å². The van der Waals surface area contributed by atoms with Gasteiger partial charge >= 0.3 is 23.9 Å². The van der Waals surface area contributed by atoms with Crippen LogP contribution in [0.1, 0.15) is 159 Å². The molecule has 7 aromatic rings. The number of hydrogen-bond acceptors (Lipinski definition) is 25. The fraction of sp³-hybridized carbons (Fsp3) is 0.538. The van der Waals surface area contributed by atoms with Crippen LogP contribution in [0.3, 0.4) is 0 Å². The van der Waals surface area contributed by atoms with Crippen molar-refractivity contribution in [3.8, 4) is 40.0 Å². The predicted octanol–water partition coefficient (Wildman–Crippen LogP) is 15.9. The van der Waals surface area contributed by atoms with Gasteiger partial charge in [-0.15, -0.1) is 13.2 Å². The minimum atomic E-state index is -4.23. The van der Waals surface area contributed by atoms with E-state index in [0.717, 1.165) is 25.7 Å². The maximum atomic E-state index is 14.7. The lowest BCUT2D eigenvalue weighted by Crippen LogP contribution is -2.48. The fourth-order valence-corrected chi connectivity index (χ4v) is 20.1. The third kappa shape index (κ3) is 20.4. The number of allylic oxidation sites excluding steroid dienone is 2. The summed E-state index contributed by atoms with van der Waals surface area (Å²) in [5.74, 6) is -1.56. The average Bonchev–Trinajstić information content (AvgIpc) is 1.57. The van der Waals surface area contributed by atoms with Gasteiger partial charge in [-0.1, -0.05) is 103 Å². The van der Waals surface area contributed by atoms with E-state index in [1.165, 1.54) is 62.2 Å². The van der Waals surface area contributed by atoms with Crippen LogP contribution < -0.4 is 30.3 Å². The molecule has 124 heavy (non-hydrogen) atoms. The maximum absolute atomic E-state index is 14.7. The van der Waals surface area contributed by atoms with E-state index in [-0.39, 0.29) is 115 Å². The van der Waals surface area contributed by atoms with Gasteiger partial charge in [-0.3, -0.25) is 47.3 Å². The number of ether oxygens (including phenoxy) is 6. The molecule has 8 fully saturated rings. The summed E-state index contributed by atoms with van der Waals surface area (Å²) >= 11 is 16.4. The van der Waals surface area contributed by atoms with Gasteiger partial charge in [0.1, 0.15) is 57.0 Å². The standard InChI is InChI=1S/C42H51ClN4O9.C33H42BrNO9S.C16H16ClN3O3/c1-8-24-18-42(24,40(51)52)19-32(48)31-14-26(20-47(31)39(50)28(41(4,5)6)15-36(49)55-25-12-22-11-23(22)13-25)54-34-16-29(30-17-35(56-46-30)44-21(2)3)45-38-27(34)9-10-33(53-7)37(38)43;1-6-21-16-33(21,31(39)42-5)17-28(36)27-14-24(44-45(40,41)25-9-7-22(34)8-10-25)18-35(27)30(38)26(32(2,3)4)15-29(37)43-23-12-19-11-20(19)13-23;1-8(2)18-14-7-11(20-23-14)10-6-12(21)9-4-5-13(22-3)15(17)16(9)19-10/h8-10,16-17,21-26,28,31,44H,1,11-15,18-20H2,2-7H3,(H,51,52);6-10,19-21,23-24,26-27H,1,11-18H2,2-5H3;4-8,18H,1-3H3,(H,19,21)/t22-,23+,24-,25?,26-,28-,31?,42-;19-,20+,21-,23?,24+,26-,27+,33-;/m11./s1. The van der Waals surface area contributed by atoms with E-state index in [1.54, 1.807) is 66.7 Å². The van der Waals surface area contributed by atoms with Crippen molar-refractivity contribution in [3.05, 3.63) is 123 Å². The van der Waals surface area contributed by atoms with Gasteiger partial charge in [-0.25, -0.2) is 4.98 Å². The van der Waals surface area contributed by atoms with E-state index >= 15 is 0 Å². The molecule has 15 rings (SSSR count). The number of Topliss-reactive ketones (excluding diaryl/α,β-unsaturated/α-hetero) is 2. The Balaban J connectivity index is 0.000000173. The lowest BCUT2D eigenvalue weighted by Gasteiger charge is -2.35. The van der Waals surface area contributed by atoms with Crippen LogP contribution in [0.5, 0.6) is 17.2 Å². The van der Waals surface area contributed by atoms with Crippen LogP contribution in [0, 0.1) is 69.0 Å². The Morgan fingerprint density at radius 3 is 1.58 bits per heavy atom. The fourth-order valence-electron chi connectivity index (χ4n) is 18.1. The molecule has 6 saturated carbocycles. The number of fused-ring (bicyclic) bond motifs is 4. The molecule has 666 valence electrons. The summed E-state index contributed by atoms with van der Waals surface area (Å²) in [7, 11) is 0.0657. The summed E-state index contributed by atoms with van der Waals surface area (Å²) in [6.45, 7) is 26.5. The molecule has 8 aliphatic rings. The number of nitrogens with zero attached hydrogens (tertiary/aromatic N) is 5. The number of H-pyrrole nitrogens is 1. The van der Waals surface area contributed by atoms with E-state index < -0.39 is 103 Å². The average molecular weight is 1830 g/mol. The highest BCUT2D eigenvalue weighted by Crippen LogP contribution is 2.59. The minimum Gasteiger partial charge on any atom is -0.495 e. The summed E-state index contributed by atoms with van der Waals surface area (Å²) in [5.41, 5.74) is -1.07. The molecule has 16 atom stereocenters. The van der Waals surface area contributed by atoms with Gasteiger partial charge in [-0.05, 0) is 174 Å². The molecule has 2 amide bonds. The van der Waals surface area contributed by atoms with E-state index in [2.05, 4.69) is 55.0 Å². The molecule has 2 saturated heterocycles. The van der Waals surface area contributed by atoms with Gasteiger partial charge in [0, 0.05) is 83.8 Å². The number of hydrogen-bond donors (Lipinski definition) is 4. The first-order valence-corrected chi connectivity index (χ1v) is 45.1. The van der Waals surface area contributed by atoms with Crippen LogP contribution in [-0.4, -0.2) is 174 Å². The van der Waals surface area contributed by atoms with Crippen molar-refractivity contribution in [2.45, 2.75) is 213 Å². The van der Waals surface area contributed by atoms with Crippen molar-refractivity contribution in [1.82, 2.24) is 30.1 Å². The number of carbonyl (C=O) groups excluding carboxylic acids is 7. The number of carboxylic acids is 1. The number of halogens is 3. The number of methoxy groups -OCH3 is 3. The van der Waals surface area contributed by atoms with Crippen molar-refractivity contribution < 1.29 is 93.5 Å². The predicted molar refractivity (Wildman–Crippen MR) is 466 cm³/mol. The number of aromatic nitrogens is 4. The molecule has 33 heteroatoms. The first-order valence-electron chi connectivity index (χ1n) is 42.1. The van der Waals surface area contributed by atoms with Crippen LogP contribution in [0.2, 0.25) is 10.0 Å². The Morgan fingerprint density at radius 1 is 0.621 bits per heavy atom. The van der Waals surface area contributed by atoms with Crippen LogP contribution >= 0.6 is 39.1 Å². The number of pyridine rings is 2. The number of carboxylic acid groups (broad SMARTS) is 1. The molecule has 3 aromatic carbocycles. The quantitative estimate of drug-likeness (QED) is 0.0136. The van der Waals surface area contributed by atoms with Gasteiger partial charge in [-0.2, -0.15) is 8.42 Å². The topological polar surface area (TPSA) is 384 Å². The number of benzene rings is 3. The Bertz CT molecular complexity index is 5450. The summed E-state index contributed by atoms with van der Waals surface area (Å²) < 4.78 is 77.4. The molecule has 2 aliphatic heterocycles. The second kappa shape index (κ2) is 36.7. The van der Waals surface area contributed by atoms with Crippen LogP contribution in [0.15, 0.2) is 121 Å². The van der Waals surface area contributed by atoms with Crippen molar-refractivity contribution in [2.75, 3.05) is 45.1 Å². The van der Waals surface area contributed by atoms with Crippen LogP contribution in [0.4, 0.5) is 11.8 Å². The van der Waals surface area contributed by atoms with E-state index in [0.29, 0.717) is 120 Å². The van der Waals surface area contributed by atoms with E-state index in [1.807, 2.05) is 69.2 Å². The number of carbonyl (C=O) groups is 8. The van der Waals surface area contributed by atoms with Crippen LogP contribution in [-0.2, 0) is 66.9 Å². The second-order valence-electron chi connectivity index (χ2n) is 37.0. The van der Waals surface area contributed by atoms with Gasteiger partial charge in [0.25, 0.3) is 10.1 Å². The van der Waals surface area contributed by atoms with Crippen LogP contribution in [0.25, 0.3) is 44.6 Å². The Hall–Kier alpha value is -9.69. The number of ketones is 2. The molecule has 29 nitrogen and oxygen atoms in total. The number of likely N-dealkylation sites (tertiary alicyclic amines) is 2. The van der Waals surface area contributed by atoms with Crippen molar-refractivity contribution in [2.24, 2.45) is 69.0 Å². The summed E-state index contributed by atoms with van der Waals surface area (Å²) in [4.78, 5) is 132. The molecule has 0 spiro atoms. The number of nitrogens with one attached hydrogen (secondary N) is 3. The smallest absolute Gasteiger partial charge is 0.312 e. The molecular formula is C91H109BrCl2N8O21S. The zero-order valence-electron chi connectivity index (χ0n) is 71.9. The SMILES string of the molecule is C=C[C@@H]1C[C@]1(CC(=O)C1C[C@@H](Oc2cc(-c3cc(NC(C)C)on3)nc3c(Cl)c(OC)ccc23)CN1C(=O)[C@@H](CC(=O)OC1C[C@@H]2C[C@@H]2C1)C(C)(C)C)C(=O)O.C=C[C@@H]1C[C@]1(CC(=O)[C@@H]1C[C@H](OS(=O)(=O)c2ccc(Br)cc2)CN1C(=O)[C@@H](CC(=O)OC1C[C@@H]2C[C@@H]2C1)C(C)(C)C)C(=O)OC.COc1ccc2c(=O)cc(-c3cc(NC(C)C)on3)[nH]c2c1Cl. The Morgan fingerprint density at radius 2 is 1.10 bits per heavy atom. The second-order valence-corrected chi connectivity index (χ2v) is 40.3. The highest BCUT2D eigenvalue weighted by Gasteiger charge is 2.63. The zero-order chi connectivity index (χ0) is 89.7. The number of esters is 3. The summed E-state index contributed by atoms with van der Waals surface area (Å²) in [6.07, 6.45) is 6.97. The third-order valence-electron chi connectivity index (χ3n) is 25.4. The van der Waals surface area contributed by atoms with Crippen molar-refractivity contribution in [1.29, 1.82) is 0 Å². The molecule has 0 bridgehead atoms. The van der Waals surface area contributed by atoms with E-state index in [4.69, 9.17) is 69.8 Å². The normalized spacial score (nSPS) is 25.6. The Kier molecular flexibility index (Phi) is 27.2. The minimum absolute atomic E-state index is 0.0171. The lowest BCUT2D eigenvalue weighted by atomic mass is 9.77. The van der Waals surface area contributed by atoms with Crippen molar-refractivity contribution >= 4 is 130 Å². The molecule has 6 aliphatic carbocycles. The summed E-state index contributed by atoms with van der Waals surface area (Å²) in [5, 5.41) is 26.3. The maximum Gasteiger partial charge on any atom is 0.312 e. The number of aliphatic carboxylic acids is 1. The van der Waals surface area contributed by atoms with Gasteiger partial charge in [0.2, 0.25) is 23.6 Å². The van der Waals surface area contributed by atoms with Gasteiger partial charge < -0.3 is 68.0 Å². The first kappa shape index (κ1) is 92.0. The highest BCUT2D eigenvalue weighted by molar-refractivity contribution is 9.10. The molecule has 4 aromatic heterocycles. The van der Waals surface area contributed by atoms with Crippen molar-refractivity contribution in [3.63, 3.8) is 0 Å². The molecule has 0 radical (unpaired) electrons. The largest absolute Gasteiger partial charge is 0.495 e. The van der Waals surface area contributed by atoms with Gasteiger partial charge in [0.05, 0.1) is 109 Å². The molecule has 6 heterocycles. The summed E-state index contributed by atoms with van der Waals surface area (Å²) in [6, 6.07) is 17.7. The highest BCUT2D eigenvalue weighted by atomic mass is 79.9. The molecule has 3 unspecified atom stereocenters. The first-order chi connectivity index (χ1) is 58.6. The number of amides is 2. The molecular weight excluding hydrogens is 1720 g/mol. The number of rotatable bonds is 31. The van der Waals surface area contributed by atoms with E-state index in [9.17, 15) is 56.7 Å². The monoisotopic (exact) mass is 1830 g/mol. The molecule has 4 N–H and O–H groups in total.